The van der Waals surface area contributed by atoms with Crippen molar-refractivity contribution in [2.45, 2.75) is 26.7 Å². The summed E-state index contributed by atoms with van der Waals surface area (Å²) in [6.07, 6.45) is 2.11. The molecule has 0 saturated heterocycles. The van der Waals surface area contributed by atoms with Crippen molar-refractivity contribution < 1.29 is 4.92 Å². The quantitative estimate of drug-likeness (QED) is 0.467. The standard InChI is InChI=1S/C12H16Cl2N2O2/c1-8(2)4-3-5-15-12-10(13)6-9(16(17)18)7-11(12)14/h6-8,15H,3-5H2,1-2H3. The van der Waals surface area contributed by atoms with E-state index in [1.54, 1.807) is 0 Å². The first kappa shape index (κ1) is 15.1. The summed E-state index contributed by atoms with van der Waals surface area (Å²) in [4.78, 5) is 10.1. The molecule has 0 aromatic heterocycles. The largest absolute Gasteiger partial charge is 0.383 e. The first-order valence-electron chi connectivity index (χ1n) is 5.79. The van der Waals surface area contributed by atoms with E-state index in [1.807, 2.05) is 0 Å². The van der Waals surface area contributed by atoms with Crippen LogP contribution in [-0.2, 0) is 0 Å². The number of rotatable bonds is 6. The number of hydrogen-bond donors (Lipinski definition) is 1. The van der Waals surface area contributed by atoms with Crippen LogP contribution in [0.2, 0.25) is 10.0 Å². The summed E-state index contributed by atoms with van der Waals surface area (Å²) in [5, 5.41) is 14.3. The van der Waals surface area contributed by atoms with Gasteiger partial charge in [-0.15, -0.1) is 0 Å². The number of benzene rings is 1. The van der Waals surface area contributed by atoms with E-state index in [9.17, 15) is 10.1 Å². The zero-order valence-corrected chi connectivity index (χ0v) is 11.9. The molecule has 0 fully saturated rings. The van der Waals surface area contributed by atoms with Gasteiger partial charge in [0.25, 0.3) is 5.69 Å². The summed E-state index contributed by atoms with van der Waals surface area (Å²) in [5.41, 5.74) is 0.463. The minimum Gasteiger partial charge on any atom is -0.383 e. The molecule has 100 valence electrons. The molecular formula is C12H16Cl2N2O2. The fourth-order valence-electron chi connectivity index (χ4n) is 1.56. The van der Waals surface area contributed by atoms with Crippen LogP contribution < -0.4 is 5.32 Å². The Kier molecular flexibility index (Phi) is 5.69. The smallest absolute Gasteiger partial charge is 0.272 e. The van der Waals surface area contributed by atoms with Gasteiger partial charge >= 0.3 is 0 Å². The lowest BCUT2D eigenvalue weighted by Gasteiger charge is -2.11. The predicted molar refractivity (Wildman–Crippen MR) is 75.7 cm³/mol. The molecule has 1 N–H and O–H groups in total. The van der Waals surface area contributed by atoms with Crippen LogP contribution in [0.4, 0.5) is 11.4 Å². The maximum Gasteiger partial charge on any atom is 0.272 e. The first-order valence-corrected chi connectivity index (χ1v) is 6.54. The average Bonchev–Trinajstić information content (AvgIpc) is 2.26. The van der Waals surface area contributed by atoms with Crippen molar-refractivity contribution in [3.05, 3.63) is 32.3 Å². The van der Waals surface area contributed by atoms with Gasteiger partial charge in [-0.05, 0) is 18.8 Å². The Hall–Kier alpha value is -1.00. The Morgan fingerprint density at radius 1 is 1.33 bits per heavy atom. The van der Waals surface area contributed by atoms with Gasteiger partial charge in [0.2, 0.25) is 0 Å². The molecule has 0 aliphatic carbocycles. The molecule has 1 rings (SSSR count). The second-order valence-electron chi connectivity index (χ2n) is 4.50. The third kappa shape index (κ3) is 4.35. The molecule has 0 bridgehead atoms. The second-order valence-corrected chi connectivity index (χ2v) is 5.32. The molecule has 4 nitrogen and oxygen atoms in total. The minimum absolute atomic E-state index is 0.0993. The summed E-state index contributed by atoms with van der Waals surface area (Å²) >= 11 is 11.9. The van der Waals surface area contributed by atoms with Gasteiger partial charge in [-0.1, -0.05) is 37.0 Å². The van der Waals surface area contributed by atoms with Crippen molar-refractivity contribution in [1.29, 1.82) is 0 Å². The average molecular weight is 291 g/mol. The van der Waals surface area contributed by atoms with E-state index >= 15 is 0 Å². The highest BCUT2D eigenvalue weighted by atomic mass is 35.5. The molecule has 0 spiro atoms. The highest BCUT2D eigenvalue weighted by Crippen LogP contribution is 2.34. The Balaban J connectivity index is 2.69. The van der Waals surface area contributed by atoms with Crippen LogP contribution in [0.1, 0.15) is 26.7 Å². The van der Waals surface area contributed by atoms with E-state index in [-0.39, 0.29) is 15.7 Å². The van der Waals surface area contributed by atoms with E-state index in [4.69, 9.17) is 23.2 Å². The number of non-ortho nitro benzene ring substituents is 1. The van der Waals surface area contributed by atoms with Crippen LogP contribution in [0.3, 0.4) is 0 Å². The third-order valence-electron chi connectivity index (χ3n) is 2.50. The number of nitrogens with zero attached hydrogens (tertiary/aromatic N) is 1. The van der Waals surface area contributed by atoms with Crippen molar-refractivity contribution in [3.8, 4) is 0 Å². The Morgan fingerprint density at radius 2 is 1.89 bits per heavy atom. The van der Waals surface area contributed by atoms with Crippen LogP contribution in [0.25, 0.3) is 0 Å². The number of nitro groups is 1. The van der Waals surface area contributed by atoms with E-state index < -0.39 is 4.92 Å². The third-order valence-corrected chi connectivity index (χ3v) is 3.09. The molecule has 0 aliphatic rings. The maximum atomic E-state index is 10.6. The summed E-state index contributed by atoms with van der Waals surface area (Å²) in [6, 6.07) is 2.61. The lowest BCUT2D eigenvalue weighted by Crippen LogP contribution is -2.04. The number of anilines is 1. The van der Waals surface area contributed by atoms with Crippen molar-refractivity contribution in [3.63, 3.8) is 0 Å². The molecule has 18 heavy (non-hydrogen) atoms. The molecule has 0 unspecified atom stereocenters. The van der Waals surface area contributed by atoms with Gasteiger partial charge in [0, 0.05) is 18.7 Å². The van der Waals surface area contributed by atoms with Gasteiger partial charge in [0.05, 0.1) is 20.7 Å². The Labute approximate surface area is 116 Å². The van der Waals surface area contributed by atoms with Gasteiger partial charge in [0.1, 0.15) is 0 Å². The summed E-state index contributed by atoms with van der Waals surface area (Å²) in [7, 11) is 0. The normalized spacial score (nSPS) is 10.7. The fraction of sp³-hybridized carbons (Fsp3) is 0.500. The topological polar surface area (TPSA) is 55.2 Å². The molecule has 1 aromatic rings. The number of hydrogen-bond acceptors (Lipinski definition) is 3. The van der Waals surface area contributed by atoms with E-state index in [0.717, 1.165) is 19.4 Å². The van der Waals surface area contributed by atoms with Crippen molar-refractivity contribution in [1.82, 2.24) is 0 Å². The van der Waals surface area contributed by atoms with E-state index in [2.05, 4.69) is 19.2 Å². The summed E-state index contributed by atoms with van der Waals surface area (Å²) < 4.78 is 0. The van der Waals surface area contributed by atoms with Crippen LogP contribution in [0.5, 0.6) is 0 Å². The van der Waals surface area contributed by atoms with Gasteiger partial charge < -0.3 is 5.32 Å². The number of halogens is 2. The first-order chi connectivity index (χ1) is 8.41. The molecule has 0 heterocycles. The highest BCUT2D eigenvalue weighted by molar-refractivity contribution is 6.39. The molecule has 0 atom stereocenters. The minimum atomic E-state index is -0.514. The molecule has 0 aliphatic heterocycles. The van der Waals surface area contributed by atoms with Crippen LogP contribution in [0, 0.1) is 16.0 Å². The fourth-order valence-corrected chi connectivity index (χ4v) is 2.17. The SMILES string of the molecule is CC(C)CCCNc1c(Cl)cc([N+](=O)[O-])cc1Cl. The lowest BCUT2D eigenvalue weighted by molar-refractivity contribution is -0.384. The van der Waals surface area contributed by atoms with Gasteiger partial charge in [-0.25, -0.2) is 0 Å². The van der Waals surface area contributed by atoms with Crippen molar-refractivity contribution in [2.75, 3.05) is 11.9 Å². The van der Waals surface area contributed by atoms with Gasteiger partial charge in [-0.3, -0.25) is 10.1 Å². The monoisotopic (exact) mass is 290 g/mol. The van der Waals surface area contributed by atoms with Crippen molar-refractivity contribution >= 4 is 34.6 Å². The second kappa shape index (κ2) is 6.81. The van der Waals surface area contributed by atoms with Crippen molar-refractivity contribution in [2.24, 2.45) is 5.92 Å². The molecule has 1 aromatic carbocycles. The Morgan fingerprint density at radius 3 is 2.33 bits per heavy atom. The molecule has 6 heteroatoms. The van der Waals surface area contributed by atoms with E-state index in [1.165, 1.54) is 12.1 Å². The molecule has 0 radical (unpaired) electrons. The summed E-state index contributed by atoms with van der Waals surface area (Å²) in [6.45, 7) is 5.06. The van der Waals surface area contributed by atoms with E-state index in [0.29, 0.717) is 11.6 Å². The maximum absolute atomic E-state index is 10.6. The number of nitro benzene ring substituents is 1. The van der Waals surface area contributed by atoms with Gasteiger partial charge in [-0.2, -0.15) is 0 Å². The predicted octanol–water partition coefficient (Wildman–Crippen LogP) is 4.75. The zero-order valence-electron chi connectivity index (χ0n) is 10.4. The Bertz CT molecular complexity index is 413. The molecule has 0 saturated carbocycles. The van der Waals surface area contributed by atoms with Crippen LogP contribution in [-0.4, -0.2) is 11.5 Å². The summed E-state index contributed by atoms with van der Waals surface area (Å²) in [5.74, 6) is 0.648. The number of nitrogens with one attached hydrogen (secondary N) is 1. The van der Waals surface area contributed by atoms with Crippen LogP contribution >= 0.6 is 23.2 Å². The highest BCUT2D eigenvalue weighted by Gasteiger charge is 2.14. The molecular weight excluding hydrogens is 275 g/mol. The van der Waals surface area contributed by atoms with Gasteiger partial charge in [0.15, 0.2) is 0 Å². The lowest BCUT2D eigenvalue weighted by atomic mass is 10.1. The zero-order chi connectivity index (χ0) is 13.7. The molecule has 0 amide bonds. The van der Waals surface area contributed by atoms with Crippen LogP contribution in [0.15, 0.2) is 12.1 Å².